The lowest BCUT2D eigenvalue weighted by Gasteiger charge is -2.26. The zero-order chi connectivity index (χ0) is 20.8. The van der Waals surface area contributed by atoms with E-state index in [-0.39, 0.29) is 30.1 Å². The third kappa shape index (κ3) is 13.9. The average molecular weight is 528 g/mol. The normalized spacial score (nSPS) is 15.4. The number of ether oxygens (including phenoxy) is 3. The standard InChI is InChI=1S/C20H40N4O4.HI/c1-6-24(19(25)28-20(2,3)4)12-11-23-18(21-5)22-10-7-13-27-16-17-8-14-26-15-9-17;/h17H,6-16H2,1-5H3,(H2,21,22,23);1H. The van der Waals surface area contributed by atoms with Crippen LogP contribution in [0.1, 0.15) is 47.0 Å². The first kappa shape index (κ1) is 28.2. The molecule has 1 heterocycles. The van der Waals surface area contributed by atoms with E-state index >= 15 is 0 Å². The van der Waals surface area contributed by atoms with Gasteiger partial charge in [-0.1, -0.05) is 0 Å². The van der Waals surface area contributed by atoms with Crippen molar-refractivity contribution in [3.63, 3.8) is 0 Å². The van der Waals surface area contributed by atoms with Crippen LogP contribution >= 0.6 is 24.0 Å². The third-order valence-electron chi connectivity index (χ3n) is 4.38. The molecular formula is C20H41IN4O4. The molecule has 0 spiro atoms. The van der Waals surface area contributed by atoms with Crippen LogP contribution in [0, 0.1) is 5.92 Å². The quantitative estimate of drug-likeness (QED) is 0.196. The molecule has 0 bridgehead atoms. The monoisotopic (exact) mass is 528 g/mol. The summed E-state index contributed by atoms with van der Waals surface area (Å²) in [6, 6.07) is 0. The molecule has 2 N–H and O–H groups in total. The van der Waals surface area contributed by atoms with Gasteiger partial charge in [0.15, 0.2) is 5.96 Å². The van der Waals surface area contributed by atoms with E-state index in [0.717, 1.165) is 58.2 Å². The minimum atomic E-state index is -0.484. The molecule has 9 heteroatoms. The maximum absolute atomic E-state index is 12.1. The van der Waals surface area contributed by atoms with Crippen molar-refractivity contribution in [1.29, 1.82) is 0 Å². The van der Waals surface area contributed by atoms with E-state index in [9.17, 15) is 4.79 Å². The number of rotatable bonds is 10. The topological polar surface area (TPSA) is 84.4 Å². The Morgan fingerprint density at radius 1 is 1.21 bits per heavy atom. The summed E-state index contributed by atoms with van der Waals surface area (Å²) in [7, 11) is 1.74. The Balaban J connectivity index is 0.00000784. The molecule has 0 unspecified atom stereocenters. The van der Waals surface area contributed by atoms with Gasteiger partial charge in [-0.15, -0.1) is 24.0 Å². The number of nitrogens with zero attached hydrogens (tertiary/aromatic N) is 2. The lowest BCUT2D eigenvalue weighted by atomic mass is 10.0. The van der Waals surface area contributed by atoms with Crippen molar-refractivity contribution in [3.8, 4) is 0 Å². The maximum Gasteiger partial charge on any atom is 0.410 e. The Kier molecular flexibility index (Phi) is 15.5. The van der Waals surface area contributed by atoms with E-state index in [1.165, 1.54) is 0 Å². The molecular weight excluding hydrogens is 487 g/mol. The first-order valence-corrected chi connectivity index (χ1v) is 10.4. The molecule has 0 aromatic heterocycles. The lowest BCUT2D eigenvalue weighted by molar-refractivity contribution is 0.0203. The summed E-state index contributed by atoms with van der Waals surface area (Å²) < 4.78 is 16.5. The van der Waals surface area contributed by atoms with Gasteiger partial charge in [0.2, 0.25) is 0 Å². The van der Waals surface area contributed by atoms with Crippen LogP contribution in [0.3, 0.4) is 0 Å². The largest absolute Gasteiger partial charge is 0.444 e. The summed E-state index contributed by atoms with van der Waals surface area (Å²) in [5, 5.41) is 6.50. The van der Waals surface area contributed by atoms with Gasteiger partial charge in [0.25, 0.3) is 0 Å². The van der Waals surface area contributed by atoms with Crippen LogP contribution in [0.25, 0.3) is 0 Å². The van der Waals surface area contributed by atoms with Crippen LogP contribution in [0.5, 0.6) is 0 Å². The highest BCUT2D eigenvalue weighted by molar-refractivity contribution is 14.0. The van der Waals surface area contributed by atoms with E-state index < -0.39 is 5.60 Å². The predicted molar refractivity (Wildman–Crippen MR) is 127 cm³/mol. The number of likely N-dealkylation sites (N-methyl/N-ethyl adjacent to an activating group) is 1. The molecule has 0 atom stereocenters. The number of halogens is 1. The summed E-state index contributed by atoms with van der Waals surface area (Å²) >= 11 is 0. The molecule has 0 saturated carbocycles. The number of guanidine groups is 1. The fourth-order valence-corrected chi connectivity index (χ4v) is 2.78. The molecule has 1 aliphatic rings. The molecule has 29 heavy (non-hydrogen) atoms. The third-order valence-corrected chi connectivity index (χ3v) is 4.38. The predicted octanol–water partition coefficient (Wildman–Crippen LogP) is 2.86. The molecule has 0 aromatic carbocycles. The van der Waals surface area contributed by atoms with Crippen LogP contribution in [0.4, 0.5) is 4.79 Å². The van der Waals surface area contributed by atoms with Crippen molar-refractivity contribution in [1.82, 2.24) is 15.5 Å². The van der Waals surface area contributed by atoms with Crippen molar-refractivity contribution in [2.75, 3.05) is 59.7 Å². The van der Waals surface area contributed by atoms with E-state index in [2.05, 4.69) is 15.6 Å². The average Bonchev–Trinajstić information content (AvgIpc) is 2.65. The van der Waals surface area contributed by atoms with Crippen LogP contribution in [-0.2, 0) is 14.2 Å². The smallest absolute Gasteiger partial charge is 0.410 e. The number of hydrogen-bond acceptors (Lipinski definition) is 5. The number of carbonyl (C=O) groups is 1. The number of carbonyl (C=O) groups excluding carboxylic acids is 1. The molecule has 1 fully saturated rings. The van der Waals surface area contributed by atoms with Gasteiger partial charge in [0.05, 0.1) is 0 Å². The van der Waals surface area contributed by atoms with Crippen LogP contribution < -0.4 is 10.6 Å². The number of hydrogen-bond donors (Lipinski definition) is 2. The highest BCUT2D eigenvalue weighted by atomic mass is 127. The number of aliphatic imine (C=N–C) groups is 1. The van der Waals surface area contributed by atoms with Crippen molar-refractivity contribution >= 4 is 36.0 Å². The maximum atomic E-state index is 12.1. The van der Waals surface area contributed by atoms with Gasteiger partial charge in [-0.05, 0) is 52.9 Å². The summed E-state index contributed by atoms with van der Waals surface area (Å²) in [4.78, 5) is 18.0. The summed E-state index contributed by atoms with van der Waals surface area (Å²) in [5.74, 6) is 1.37. The van der Waals surface area contributed by atoms with Gasteiger partial charge in [-0.25, -0.2) is 4.79 Å². The zero-order valence-corrected chi connectivity index (χ0v) is 21.1. The molecule has 1 aliphatic heterocycles. The lowest BCUT2D eigenvalue weighted by Crippen LogP contribution is -2.44. The van der Waals surface area contributed by atoms with Gasteiger partial charge in [-0.2, -0.15) is 0 Å². The van der Waals surface area contributed by atoms with Crippen molar-refractivity contribution in [2.45, 2.75) is 52.6 Å². The molecule has 172 valence electrons. The minimum Gasteiger partial charge on any atom is -0.444 e. The minimum absolute atomic E-state index is 0. The zero-order valence-electron chi connectivity index (χ0n) is 18.8. The van der Waals surface area contributed by atoms with Crippen molar-refractivity contribution in [3.05, 3.63) is 0 Å². The Morgan fingerprint density at radius 3 is 2.45 bits per heavy atom. The van der Waals surface area contributed by atoms with Gasteiger partial charge in [0.1, 0.15) is 5.60 Å². The van der Waals surface area contributed by atoms with Gasteiger partial charge in [-0.3, -0.25) is 4.99 Å². The molecule has 0 radical (unpaired) electrons. The van der Waals surface area contributed by atoms with Crippen LogP contribution in [-0.4, -0.2) is 82.2 Å². The molecule has 1 amide bonds. The molecule has 1 saturated heterocycles. The highest BCUT2D eigenvalue weighted by Crippen LogP contribution is 2.14. The van der Waals surface area contributed by atoms with E-state index in [1.807, 2.05) is 27.7 Å². The van der Waals surface area contributed by atoms with Gasteiger partial charge >= 0.3 is 6.09 Å². The second-order valence-corrected chi connectivity index (χ2v) is 7.97. The molecule has 8 nitrogen and oxygen atoms in total. The molecule has 1 rings (SSSR count). The SMILES string of the molecule is CCN(CCNC(=NC)NCCCOCC1CCOCC1)C(=O)OC(C)(C)C.I. The summed E-state index contributed by atoms with van der Waals surface area (Å²) in [5.41, 5.74) is -0.484. The van der Waals surface area contributed by atoms with Crippen molar-refractivity contribution < 1.29 is 19.0 Å². The number of nitrogens with one attached hydrogen (secondary N) is 2. The van der Waals surface area contributed by atoms with Crippen LogP contribution in [0.2, 0.25) is 0 Å². The second-order valence-electron chi connectivity index (χ2n) is 7.97. The van der Waals surface area contributed by atoms with E-state index in [4.69, 9.17) is 14.2 Å². The Labute approximate surface area is 193 Å². The van der Waals surface area contributed by atoms with Crippen LogP contribution in [0.15, 0.2) is 4.99 Å². The second kappa shape index (κ2) is 16.0. The summed E-state index contributed by atoms with van der Waals surface area (Å²) in [6.45, 7) is 13.4. The van der Waals surface area contributed by atoms with Gasteiger partial charge in [0, 0.05) is 59.7 Å². The molecule has 0 aliphatic carbocycles. The Bertz CT molecular complexity index is 466. The Morgan fingerprint density at radius 2 is 1.86 bits per heavy atom. The number of amides is 1. The van der Waals surface area contributed by atoms with E-state index in [0.29, 0.717) is 25.6 Å². The fourth-order valence-electron chi connectivity index (χ4n) is 2.78. The van der Waals surface area contributed by atoms with Crippen molar-refractivity contribution in [2.24, 2.45) is 10.9 Å². The summed E-state index contributed by atoms with van der Waals surface area (Å²) in [6.07, 6.45) is 2.84. The Hall–Kier alpha value is -0.810. The molecule has 0 aromatic rings. The fraction of sp³-hybridized carbons (Fsp3) is 0.900. The first-order chi connectivity index (χ1) is 13.4. The highest BCUT2D eigenvalue weighted by Gasteiger charge is 2.20. The van der Waals surface area contributed by atoms with E-state index in [1.54, 1.807) is 11.9 Å². The first-order valence-electron chi connectivity index (χ1n) is 10.4. The van der Waals surface area contributed by atoms with Gasteiger partial charge < -0.3 is 29.7 Å².